The van der Waals surface area contributed by atoms with E-state index in [0.717, 1.165) is 22.8 Å². The van der Waals surface area contributed by atoms with Crippen LogP contribution in [0.2, 0.25) is 0 Å². The highest BCUT2D eigenvalue weighted by atomic mass is 32.2. The number of carboxylic acids is 1. The van der Waals surface area contributed by atoms with Gasteiger partial charge in [-0.25, -0.2) is 0 Å². The Morgan fingerprint density at radius 1 is 1.33 bits per heavy atom. The first-order valence-corrected chi connectivity index (χ1v) is 8.36. The van der Waals surface area contributed by atoms with Crippen molar-refractivity contribution in [2.75, 3.05) is 18.1 Å². The Morgan fingerprint density at radius 2 is 2.14 bits per heavy atom. The van der Waals surface area contributed by atoms with Gasteiger partial charge in [0.25, 0.3) is 5.91 Å². The van der Waals surface area contributed by atoms with Gasteiger partial charge in [0.1, 0.15) is 11.4 Å². The number of carbonyl (C=O) groups is 2. The molecule has 110 valence electrons. The predicted octanol–water partition coefficient (Wildman–Crippen LogP) is 2.45. The molecular weight excluding hydrogens is 310 g/mol. The van der Waals surface area contributed by atoms with Gasteiger partial charge in [-0.15, -0.1) is 0 Å². The zero-order valence-corrected chi connectivity index (χ0v) is 12.7. The van der Waals surface area contributed by atoms with E-state index in [1.807, 2.05) is 0 Å². The van der Waals surface area contributed by atoms with Crippen molar-refractivity contribution in [2.45, 2.75) is 12.5 Å². The summed E-state index contributed by atoms with van der Waals surface area (Å²) in [6.07, 6.45) is -0.0146. The summed E-state index contributed by atoms with van der Waals surface area (Å²) in [6.45, 7) is 0.578. The molecule has 1 N–H and O–H groups in total. The fourth-order valence-electron chi connectivity index (χ4n) is 2.37. The van der Waals surface area contributed by atoms with Gasteiger partial charge in [-0.05, 0) is 18.2 Å². The molecule has 21 heavy (non-hydrogen) atoms. The van der Waals surface area contributed by atoms with E-state index < -0.39 is 5.97 Å². The number of thioether (sulfide) groups is 1. The molecule has 6 nitrogen and oxygen atoms in total. The number of rotatable bonds is 3. The number of benzene rings is 1. The van der Waals surface area contributed by atoms with Crippen molar-refractivity contribution >= 4 is 46.4 Å². The Labute approximate surface area is 129 Å². The lowest BCUT2D eigenvalue weighted by atomic mass is 10.1. The molecule has 1 amide bonds. The number of hydrogen-bond acceptors (Lipinski definition) is 5. The molecule has 0 bridgehead atoms. The molecule has 0 radical (unpaired) electrons. The summed E-state index contributed by atoms with van der Waals surface area (Å²) in [6, 6.07) is 4.97. The maximum Gasteiger partial charge on any atom is 0.305 e. The Morgan fingerprint density at radius 3 is 2.95 bits per heavy atom. The van der Waals surface area contributed by atoms with Crippen LogP contribution in [0.4, 0.5) is 11.4 Å². The molecule has 2 aliphatic heterocycles. The van der Waals surface area contributed by atoms with Gasteiger partial charge < -0.3 is 10.0 Å². The summed E-state index contributed by atoms with van der Waals surface area (Å²) in [7, 11) is 0. The SMILES string of the molecule is O=C(O)CC1CSCCN1C(=O)c1ccc2c(c1)N=S=N2. The van der Waals surface area contributed by atoms with Crippen LogP contribution in [0.5, 0.6) is 0 Å². The smallest absolute Gasteiger partial charge is 0.305 e. The Balaban J connectivity index is 1.82. The van der Waals surface area contributed by atoms with Crippen molar-refractivity contribution in [1.82, 2.24) is 4.90 Å². The van der Waals surface area contributed by atoms with Crippen LogP contribution in [-0.4, -0.2) is 46.0 Å². The minimum absolute atomic E-state index is 0.0146. The van der Waals surface area contributed by atoms with E-state index >= 15 is 0 Å². The second-order valence-corrected chi connectivity index (χ2v) is 6.47. The number of nitrogens with zero attached hydrogens (tertiary/aromatic N) is 3. The lowest BCUT2D eigenvalue weighted by Gasteiger charge is -2.34. The van der Waals surface area contributed by atoms with Gasteiger partial charge in [0.15, 0.2) is 0 Å². The first kappa shape index (κ1) is 14.3. The van der Waals surface area contributed by atoms with Crippen LogP contribution in [0.1, 0.15) is 16.8 Å². The largest absolute Gasteiger partial charge is 0.481 e. The number of hydrogen-bond donors (Lipinski definition) is 1. The highest BCUT2D eigenvalue weighted by molar-refractivity contribution is 7.99. The highest BCUT2D eigenvalue weighted by Gasteiger charge is 2.29. The maximum absolute atomic E-state index is 12.6. The van der Waals surface area contributed by atoms with Gasteiger partial charge in [0, 0.05) is 23.6 Å². The van der Waals surface area contributed by atoms with Gasteiger partial charge in [-0.3, -0.25) is 9.59 Å². The zero-order valence-electron chi connectivity index (χ0n) is 11.1. The quantitative estimate of drug-likeness (QED) is 0.940. The molecule has 2 heterocycles. The van der Waals surface area contributed by atoms with Crippen LogP contribution >= 0.6 is 11.8 Å². The minimum atomic E-state index is -0.876. The zero-order chi connectivity index (χ0) is 14.8. The lowest BCUT2D eigenvalue weighted by molar-refractivity contribution is -0.138. The molecule has 0 spiro atoms. The molecule has 0 aromatic heterocycles. The van der Waals surface area contributed by atoms with Crippen LogP contribution in [0.15, 0.2) is 26.9 Å². The summed E-state index contributed by atoms with van der Waals surface area (Å²) in [5.74, 6) is 0.497. The van der Waals surface area contributed by atoms with E-state index in [4.69, 9.17) is 5.11 Å². The van der Waals surface area contributed by atoms with E-state index in [1.54, 1.807) is 34.9 Å². The summed E-state index contributed by atoms with van der Waals surface area (Å²) < 4.78 is 8.25. The summed E-state index contributed by atoms with van der Waals surface area (Å²) in [5.41, 5.74) is 2.01. The lowest BCUT2D eigenvalue weighted by Crippen LogP contribution is -2.47. The van der Waals surface area contributed by atoms with Gasteiger partial charge in [-0.2, -0.15) is 20.5 Å². The van der Waals surface area contributed by atoms with Gasteiger partial charge in [0.2, 0.25) is 0 Å². The van der Waals surface area contributed by atoms with E-state index in [1.165, 1.54) is 0 Å². The molecule has 1 atom stereocenters. The molecule has 3 rings (SSSR count). The number of amides is 1. The predicted molar refractivity (Wildman–Crippen MR) is 82.4 cm³/mol. The monoisotopic (exact) mass is 323 g/mol. The Kier molecular flexibility index (Phi) is 4.07. The number of carbonyl (C=O) groups excluding carboxylic acids is 1. The fraction of sp³-hybridized carbons (Fsp3) is 0.385. The molecule has 1 unspecified atom stereocenters. The van der Waals surface area contributed by atoms with E-state index in [2.05, 4.69) is 8.73 Å². The standard InChI is InChI=1S/C13H13N3O3S2/c17-12(18)6-9-7-20-4-3-16(9)13(19)8-1-2-10-11(5-8)15-21-14-10/h1-2,5,9H,3-4,6-7H2,(H,17,18). The minimum Gasteiger partial charge on any atom is -0.481 e. The van der Waals surface area contributed by atoms with Crippen molar-refractivity contribution in [3.05, 3.63) is 23.8 Å². The van der Waals surface area contributed by atoms with Crippen molar-refractivity contribution in [2.24, 2.45) is 8.73 Å². The van der Waals surface area contributed by atoms with Crippen molar-refractivity contribution in [3.8, 4) is 0 Å². The molecule has 1 aromatic carbocycles. The van der Waals surface area contributed by atoms with Gasteiger partial charge >= 0.3 is 5.97 Å². The topological polar surface area (TPSA) is 82.3 Å². The summed E-state index contributed by atoms with van der Waals surface area (Å²) >= 11 is 2.80. The molecule has 0 aliphatic carbocycles. The molecule has 2 aliphatic rings. The van der Waals surface area contributed by atoms with E-state index in [-0.39, 0.29) is 18.4 Å². The number of carboxylic acid groups (broad SMARTS) is 1. The molecule has 0 saturated carbocycles. The third-order valence-corrected chi connectivity index (χ3v) is 5.05. The Bertz CT molecular complexity index is 671. The summed E-state index contributed by atoms with van der Waals surface area (Å²) in [4.78, 5) is 25.3. The first-order valence-electron chi connectivity index (χ1n) is 6.48. The van der Waals surface area contributed by atoms with Crippen LogP contribution in [0.3, 0.4) is 0 Å². The third kappa shape index (κ3) is 3.01. The average Bonchev–Trinajstić information content (AvgIpc) is 2.94. The number of aliphatic carboxylic acids is 1. The van der Waals surface area contributed by atoms with Crippen molar-refractivity contribution in [3.63, 3.8) is 0 Å². The molecule has 1 aromatic rings. The van der Waals surface area contributed by atoms with E-state index in [0.29, 0.717) is 23.5 Å². The summed E-state index contributed by atoms with van der Waals surface area (Å²) in [5, 5.41) is 8.99. The van der Waals surface area contributed by atoms with Crippen LogP contribution in [0, 0.1) is 0 Å². The second-order valence-electron chi connectivity index (χ2n) is 4.79. The molecule has 1 fully saturated rings. The number of fused-ring (bicyclic) bond motifs is 1. The second kappa shape index (κ2) is 5.98. The maximum atomic E-state index is 12.6. The third-order valence-electron chi connectivity index (χ3n) is 3.40. The average molecular weight is 323 g/mol. The fourth-order valence-corrected chi connectivity index (χ4v) is 3.95. The normalized spacial score (nSPS) is 20.0. The first-order chi connectivity index (χ1) is 10.1. The molecule has 8 heteroatoms. The van der Waals surface area contributed by atoms with Crippen LogP contribution in [0.25, 0.3) is 0 Å². The Hall–Kier alpha value is -1.67. The van der Waals surface area contributed by atoms with Crippen LogP contribution in [-0.2, 0) is 16.1 Å². The van der Waals surface area contributed by atoms with Gasteiger partial charge in [0.05, 0.1) is 23.8 Å². The van der Waals surface area contributed by atoms with Gasteiger partial charge in [-0.1, -0.05) is 0 Å². The highest BCUT2D eigenvalue weighted by Crippen LogP contribution is 2.33. The molecular formula is C13H13N3O3S2. The van der Waals surface area contributed by atoms with E-state index in [9.17, 15) is 9.59 Å². The van der Waals surface area contributed by atoms with Crippen LogP contribution < -0.4 is 0 Å². The van der Waals surface area contributed by atoms with Crippen molar-refractivity contribution in [1.29, 1.82) is 0 Å². The van der Waals surface area contributed by atoms with Crippen molar-refractivity contribution < 1.29 is 14.7 Å². The molecule has 1 saturated heterocycles.